The normalized spacial score (nSPS) is 14.5. The van der Waals surface area contributed by atoms with Crippen molar-refractivity contribution in [1.29, 1.82) is 0 Å². The van der Waals surface area contributed by atoms with Crippen molar-refractivity contribution >= 4 is 5.91 Å². The number of hydrogen-bond acceptors (Lipinski definition) is 3. The van der Waals surface area contributed by atoms with E-state index in [-0.39, 0.29) is 0 Å². The zero-order chi connectivity index (χ0) is 8.36. The van der Waals surface area contributed by atoms with Crippen LogP contribution in [0, 0.1) is 0 Å². The Morgan fingerprint density at radius 1 is 1.60 bits per heavy atom. The van der Waals surface area contributed by atoms with E-state index in [0.717, 1.165) is 0 Å². The molecule has 0 heterocycles. The Bertz CT molecular complexity index is 127. The molecule has 0 saturated heterocycles. The summed E-state index contributed by atoms with van der Waals surface area (Å²) >= 11 is 0. The van der Waals surface area contributed by atoms with Crippen LogP contribution in [0.5, 0.6) is 0 Å². The summed E-state index contributed by atoms with van der Waals surface area (Å²) in [5.41, 5.74) is -1.37. The zero-order valence-electron chi connectivity index (χ0n) is 6.38. The highest BCUT2D eigenvalue weighted by Crippen LogP contribution is 2.07. The van der Waals surface area contributed by atoms with Gasteiger partial charge in [0.25, 0.3) is 5.91 Å². The van der Waals surface area contributed by atoms with Crippen LogP contribution in [0.1, 0.15) is 13.8 Å². The number of hydrogen-bond donors (Lipinski definition) is 3. The lowest BCUT2D eigenvalue weighted by molar-refractivity contribution is -0.141. The van der Waals surface area contributed by atoms with Gasteiger partial charge in [0, 0.05) is 7.05 Å². The third kappa shape index (κ3) is 2.33. The van der Waals surface area contributed by atoms with Gasteiger partial charge in [-0.05, 0) is 13.8 Å². The van der Waals surface area contributed by atoms with Crippen LogP contribution in [-0.2, 0) is 4.79 Å². The van der Waals surface area contributed by atoms with E-state index in [1.54, 1.807) is 0 Å². The van der Waals surface area contributed by atoms with E-state index in [9.17, 15) is 4.79 Å². The fourth-order valence-electron chi connectivity index (χ4n) is 0.458. The van der Waals surface area contributed by atoms with Crippen molar-refractivity contribution in [1.82, 2.24) is 5.32 Å². The third-order valence-corrected chi connectivity index (χ3v) is 1.16. The highest BCUT2D eigenvalue weighted by Gasteiger charge is 2.30. The molecule has 4 heteroatoms. The van der Waals surface area contributed by atoms with E-state index in [2.05, 4.69) is 5.32 Å². The summed E-state index contributed by atoms with van der Waals surface area (Å²) in [6.07, 6.45) is -1.36. The molecule has 0 radical (unpaired) electrons. The number of amides is 1. The number of likely N-dealkylation sites (N-methyl/N-ethyl adjacent to an activating group) is 1. The lowest BCUT2D eigenvalue weighted by atomic mass is 10.0. The van der Waals surface area contributed by atoms with Crippen LogP contribution >= 0.6 is 0 Å². The first kappa shape index (κ1) is 9.39. The number of carbonyl (C=O) groups is 1. The number of rotatable bonds is 2. The number of nitrogens with one attached hydrogen (secondary N) is 1. The zero-order valence-corrected chi connectivity index (χ0v) is 6.38. The summed E-state index contributed by atoms with van der Waals surface area (Å²) in [5, 5.41) is 20.3. The van der Waals surface area contributed by atoms with Crippen molar-refractivity contribution in [3.63, 3.8) is 0 Å². The molecule has 0 rings (SSSR count). The molecular formula is C6H13NO3. The molecule has 0 saturated carbocycles. The van der Waals surface area contributed by atoms with Gasteiger partial charge in [-0.25, -0.2) is 0 Å². The quantitative estimate of drug-likeness (QED) is 0.462. The molecule has 60 valence electrons. The van der Waals surface area contributed by atoms with Crippen molar-refractivity contribution in [2.75, 3.05) is 7.05 Å². The number of carbonyl (C=O) groups excluding carboxylic acids is 1. The fraction of sp³-hybridized carbons (Fsp3) is 0.833. The number of aliphatic hydroxyl groups is 2. The average Bonchev–Trinajstić information content (AvgIpc) is 1.83. The Kier molecular flexibility index (Phi) is 2.80. The molecule has 0 aromatic rings. The summed E-state index contributed by atoms with van der Waals surface area (Å²) in [7, 11) is 1.40. The van der Waals surface area contributed by atoms with Gasteiger partial charge in [0.2, 0.25) is 0 Å². The van der Waals surface area contributed by atoms with Crippen LogP contribution in [0.3, 0.4) is 0 Å². The molecule has 0 aliphatic heterocycles. The molecule has 0 fully saturated rings. The summed E-state index contributed by atoms with van der Waals surface area (Å²) in [6.45, 7) is 2.74. The molecule has 0 unspecified atom stereocenters. The molecule has 3 N–H and O–H groups in total. The van der Waals surface area contributed by atoms with Gasteiger partial charge >= 0.3 is 0 Å². The second kappa shape index (κ2) is 2.98. The maximum Gasteiger partial charge on any atom is 0.251 e. The Morgan fingerprint density at radius 3 is 2.10 bits per heavy atom. The smallest absolute Gasteiger partial charge is 0.251 e. The summed E-state index contributed by atoms with van der Waals surface area (Å²) in [6, 6.07) is 0. The Hall–Kier alpha value is -0.610. The van der Waals surface area contributed by atoms with E-state index < -0.39 is 17.6 Å². The molecule has 1 amide bonds. The largest absolute Gasteiger partial charge is 0.387 e. The monoisotopic (exact) mass is 147 g/mol. The van der Waals surface area contributed by atoms with E-state index in [4.69, 9.17) is 10.2 Å². The van der Waals surface area contributed by atoms with Gasteiger partial charge in [-0.3, -0.25) is 4.79 Å². The molecule has 0 aromatic carbocycles. The van der Waals surface area contributed by atoms with Crippen LogP contribution in [0.2, 0.25) is 0 Å². The van der Waals surface area contributed by atoms with E-state index in [0.29, 0.717) is 0 Å². The minimum Gasteiger partial charge on any atom is -0.387 e. The van der Waals surface area contributed by atoms with E-state index in [1.165, 1.54) is 20.9 Å². The molecule has 4 nitrogen and oxygen atoms in total. The van der Waals surface area contributed by atoms with Crippen molar-refractivity contribution in [2.45, 2.75) is 25.6 Å². The maximum atomic E-state index is 10.6. The van der Waals surface area contributed by atoms with Gasteiger partial charge in [-0.1, -0.05) is 0 Å². The van der Waals surface area contributed by atoms with Gasteiger partial charge in [0.15, 0.2) is 6.10 Å². The first-order valence-electron chi connectivity index (χ1n) is 3.01. The topological polar surface area (TPSA) is 69.6 Å². The minimum atomic E-state index is -1.37. The van der Waals surface area contributed by atoms with Gasteiger partial charge in [0.05, 0.1) is 5.60 Å². The standard InChI is InChI=1S/C6H13NO3/c1-6(2,10)4(8)5(9)7-3/h4,8,10H,1-3H3,(H,7,9)/t4-/m0/s1. The van der Waals surface area contributed by atoms with Crippen molar-refractivity contribution < 1.29 is 15.0 Å². The van der Waals surface area contributed by atoms with Crippen LogP contribution in [-0.4, -0.2) is 34.9 Å². The van der Waals surface area contributed by atoms with Gasteiger partial charge in [-0.15, -0.1) is 0 Å². The maximum absolute atomic E-state index is 10.6. The Morgan fingerprint density at radius 2 is 2.00 bits per heavy atom. The molecule has 10 heavy (non-hydrogen) atoms. The molecular weight excluding hydrogens is 134 g/mol. The summed E-state index contributed by atoms with van der Waals surface area (Å²) in [4.78, 5) is 10.6. The van der Waals surface area contributed by atoms with Crippen LogP contribution in [0.25, 0.3) is 0 Å². The highest BCUT2D eigenvalue weighted by atomic mass is 16.3. The molecule has 0 aromatic heterocycles. The van der Waals surface area contributed by atoms with Crippen LogP contribution in [0.15, 0.2) is 0 Å². The lowest BCUT2D eigenvalue weighted by Gasteiger charge is -2.22. The van der Waals surface area contributed by atoms with Crippen molar-refractivity contribution in [3.05, 3.63) is 0 Å². The molecule has 0 aliphatic rings. The number of aliphatic hydroxyl groups excluding tert-OH is 1. The highest BCUT2D eigenvalue weighted by molar-refractivity contribution is 5.81. The summed E-state index contributed by atoms with van der Waals surface area (Å²) < 4.78 is 0. The van der Waals surface area contributed by atoms with E-state index in [1.807, 2.05) is 0 Å². The Labute approximate surface area is 59.9 Å². The first-order chi connectivity index (χ1) is 4.39. The third-order valence-electron chi connectivity index (χ3n) is 1.16. The van der Waals surface area contributed by atoms with Gasteiger partial charge in [-0.2, -0.15) is 0 Å². The summed E-state index contributed by atoms with van der Waals surface area (Å²) in [5.74, 6) is -0.576. The second-order valence-corrected chi connectivity index (χ2v) is 2.67. The Balaban J connectivity index is 4.08. The van der Waals surface area contributed by atoms with Gasteiger partial charge < -0.3 is 15.5 Å². The van der Waals surface area contributed by atoms with Crippen LogP contribution < -0.4 is 5.32 Å². The molecule has 0 aliphatic carbocycles. The van der Waals surface area contributed by atoms with Crippen molar-refractivity contribution in [2.24, 2.45) is 0 Å². The molecule has 1 atom stereocenters. The molecule has 0 bridgehead atoms. The predicted octanol–water partition coefficient (Wildman–Crippen LogP) is -1.14. The predicted molar refractivity (Wildman–Crippen MR) is 36.4 cm³/mol. The lowest BCUT2D eigenvalue weighted by Crippen LogP contribution is -2.46. The minimum absolute atomic E-state index is 0.576. The van der Waals surface area contributed by atoms with Crippen LogP contribution in [0.4, 0.5) is 0 Å². The second-order valence-electron chi connectivity index (χ2n) is 2.67. The van der Waals surface area contributed by atoms with Crippen molar-refractivity contribution in [3.8, 4) is 0 Å². The van der Waals surface area contributed by atoms with Gasteiger partial charge in [0.1, 0.15) is 0 Å². The SMILES string of the molecule is CNC(=O)[C@H](O)C(C)(C)O. The first-order valence-corrected chi connectivity index (χ1v) is 3.01. The van der Waals surface area contributed by atoms with E-state index >= 15 is 0 Å². The fourth-order valence-corrected chi connectivity index (χ4v) is 0.458. The molecule has 0 spiro atoms. The average molecular weight is 147 g/mol.